The molecule has 1 fully saturated rings. The van der Waals surface area contributed by atoms with Gasteiger partial charge in [0.1, 0.15) is 0 Å². The third-order valence-corrected chi connectivity index (χ3v) is 1.85. The summed E-state index contributed by atoms with van der Waals surface area (Å²) in [4.78, 5) is 0. The molecule has 0 atom stereocenters. The lowest BCUT2D eigenvalue weighted by molar-refractivity contribution is 0.0650. The second kappa shape index (κ2) is 11.9. The molecule has 2 N–H and O–H groups in total. The van der Waals surface area contributed by atoms with E-state index in [0.29, 0.717) is 19.3 Å². The fourth-order valence-electron chi connectivity index (χ4n) is 0.860. The Labute approximate surface area is 92.2 Å². The van der Waals surface area contributed by atoms with E-state index >= 15 is 0 Å². The van der Waals surface area contributed by atoms with E-state index in [1.54, 1.807) is 0 Å². The molecule has 1 saturated carbocycles. The van der Waals surface area contributed by atoms with Gasteiger partial charge in [-0.25, -0.2) is 0 Å². The highest BCUT2D eigenvalue weighted by atomic mass is 16.5. The first-order valence-electron chi connectivity index (χ1n) is 5.76. The van der Waals surface area contributed by atoms with Gasteiger partial charge in [0.2, 0.25) is 0 Å². The molecule has 4 nitrogen and oxygen atoms in total. The van der Waals surface area contributed by atoms with Gasteiger partial charge in [-0.3, -0.25) is 0 Å². The molecule has 0 heterocycles. The van der Waals surface area contributed by atoms with Crippen molar-refractivity contribution in [2.24, 2.45) is 0 Å². The van der Waals surface area contributed by atoms with E-state index in [2.05, 4.69) is 11.7 Å². The summed E-state index contributed by atoms with van der Waals surface area (Å²) in [5, 5.41) is 16.2. The van der Waals surface area contributed by atoms with Gasteiger partial charge in [-0.15, -0.1) is 0 Å². The molecule has 1 aliphatic rings. The lowest BCUT2D eigenvalue weighted by atomic mass is 10.4. The van der Waals surface area contributed by atoms with Crippen LogP contribution in [-0.2, 0) is 9.47 Å². The van der Waals surface area contributed by atoms with Crippen molar-refractivity contribution in [3.63, 3.8) is 0 Å². The van der Waals surface area contributed by atoms with Crippen molar-refractivity contribution in [1.82, 2.24) is 0 Å². The first-order chi connectivity index (χ1) is 7.35. The van der Waals surface area contributed by atoms with Gasteiger partial charge in [0.15, 0.2) is 0 Å². The van der Waals surface area contributed by atoms with Crippen LogP contribution in [0.2, 0.25) is 0 Å². The maximum absolute atomic E-state index is 8.09. The second-order valence-corrected chi connectivity index (χ2v) is 3.48. The molecule has 92 valence electrons. The van der Waals surface area contributed by atoms with Gasteiger partial charge in [0.25, 0.3) is 0 Å². The molecular formula is C11H24O4. The molecule has 1 rings (SSSR count). The molecule has 0 bridgehead atoms. The highest BCUT2D eigenvalue weighted by Crippen LogP contribution is 2.23. The first-order valence-corrected chi connectivity index (χ1v) is 5.76. The Balaban J connectivity index is 0.000000265. The van der Waals surface area contributed by atoms with Crippen molar-refractivity contribution in [1.29, 1.82) is 0 Å². The number of aliphatic hydroxyl groups is 2. The van der Waals surface area contributed by atoms with Crippen LogP contribution < -0.4 is 0 Å². The fourth-order valence-corrected chi connectivity index (χ4v) is 0.860. The molecule has 0 radical (unpaired) electrons. The number of ether oxygens (including phenoxy) is 2. The van der Waals surface area contributed by atoms with Crippen molar-refractivity contribution >= 4 is 0 Å². The molecule has 0 aromatic carbocycles. The minimum Gasteiger partial charge on any atom is -0.394 e. The summed E-state index contributed by atoms with van der Waals surface area (Å²) in [6.45, 7) is 3.87. The Morgan fingerprint density at radius 2 is 1.67 bits per heavy atom. The van der Waals surface area contributed by atoms with E-state index in [0.717, 1.165) is 6.61 Å². The fraction of sp³-hybridized carbons (Fsp3) is 1.00. The Kier molecular flexibility index (Phi) is 11.8. The Morgan fingerprint density at radius 3 is 2.07 bits per heavy atom. The van der Waals surface area contributed by atoms with Gasteiger partial charge < -0.3 is 19.7 Å². The van der Waals surface area contributed by atoms with Gasteiger partial charge in [0, 0.05) is 6.61 Å². The lowest BCUT2D eigenvalue weighted by Gasteiger charge is -1.96. The number of hydrogen-bond acceptors (Lipinski definition) is 4. The van der Waals surface area contributed by atoms with Crippen molar-refractivity contribution in [2.75, 3.05) is 33.0 Å². The summed E-state index contributed by atoms with van der Waals surface area (Å²) < 4.78 is 10.0. The van der Waals surface area contributed by atoms with Crippen molar-refractivity contribution in [3.05, 3.63) is 0 Å². The molecular weight excluding hydrogens is 196 g/mol. The molecule has 0 aromatic rings. The van der Waals surface area contributed by atoms with E-state index in [9.17, 15) is 0 Å². The van der Waals surface area contributed by atoms with Gasteiger partial charge >= 0.3 is 0 Å². The van der Waals surface area contributed by atoms with E-state index in [-0.39, 0.29) is 13.2 Å². The number of rotatable bonds is 8. The Hall–Kier alpha value is -0.160. The highest BCUT2D eigenvalue weighted by molar-refractivity contribution is 4.72. The van der Waals surface area contributed by atoms with Crippen molar-refractivity contribution < 1.29 is 19.7 Å². The molecule has 0 unspecified atom stereocenters. The summed E-state index contributed by atoms with van der Waals surface area (Å²) in [6, 6.07) is 0. The van der Waals surface area contributed by atoms with Crippen LogP contribution in [0.3, 0.4) is 0 Å². The van der Waals surface area contributed by atoms with Gasteiger partial charge in [-0.2, -0.15) is 0 Å². The molecule has 4 heteroatoms. The summed E-state index contributed by atoms with van der Waals surface area (Å²) in [7, 11) is 0. The summed E-state index contributed by atoms with van der Waals surface area (Å²) in [6.07, 6.45) is 5.76. The standard InChI is InChI=1S/C7H14O.C4H10O3/c1-2-3-6-8-7-4-5-7;5-1-3-7-4-2-6/h7H,2-6H2,1H3;5-6H,1-4H2. The van der Waals surface area contributed by atoms with E-state index in [1.165, 1.54) is 25.7 Å². The van der Waals surface area contributed by atoms with E-state index < -0.39 is 0 Å². The smallest absolute Gasteiger partial charge is 0.0698 e. The SMILES string of the molecule is CCCCOC1CC1.OCCOCCO. The average Bonchev–Trinajstić information content (AvgIpc) is 3.04. The van der Waals surface area contributed by atoms with Crippen LogP contribution in [0.4, 0.5) is 0 Å². The molecule has 1 aliphatic carbocycles. The highest BCUT2D eigenvalue weighted by Gasteiger charge is 2.21. The zero-order chi connectivity index (χ0) is 11.4. The van der Waals surface area contributed by atoms with Crippen LogP contribution in [0.1, 0.15) is 32.6 Å². The van der Waals surface area contributed by atoms with Crippen LogP contribution in [0, 0.1) is 0 Å². The topological polar surface area (TPSA) is 58.9 Å². The van der Waals surface area contributed by atoms with Gasteiger partial charge in [-0.1, -0.05) is 13.3 Å². The van der Waals surface area contributed by atoms with Crippen LogP contribution in [-0.4, -0.2) is 49.4 Å². The predicted molar refractivity (Wildman–Crippen MR) is 58.9 cm³/mol. The van der Waals surface area contributed by atoms with Crippen LogP contribution in [0.25, 0.3) is 0 Å². The molecule has 0 saturated heterocycles. The molecule has 0 aliphatic heterocycles. The Bertz CT molecular complexity index is 111. The normalized spacial score (nSPS) is 14.6. The summed E-state index contributed by atoms with van der Waals surface area (Å²) in [5.41, 5.74) is 0. The van der Waals surface area contributed by atoms with Crippen LogP contribution in [0.15, 0.2) is 0 Å². The number of aliphatic hydroxyl groups excluding tert-OH is 2. The maximum atomic E-state index is 8.09. The monoisotopic (exact) mass is 220 g/mol. The van der Waals surface area contributed by atoms with Crippen molar-refractivity contribution in [2.45, 2.75) is 38.7 Å². The average molecular weight is 220 g/mol. The summed E-state index contributed by atoms with van der Waals surface area (Å²) >= 11 is 0. The molecule has 0 spiro atoms. The van der Waals surface area contributed by atoms with Gasteiger partial charge in [0.05, 0.1) is 32.5 Å². The quantitative estimate of drug-likeness (QED) is 0.598. The predicted octanol–water partition coefficient (Wildman–Crippen LogP) is 0.953. The maximum Gasteiger partial charge on any atom is 0.0698 e. The van der Waals surface area contributed by atoms with Gasteiger partial charge in [-0.05, 0) is 19.3 Å². The molecule has 0 aromatic heterocycles. The number of hydrogen-bond donors (Lipinski definition) is 2. The first kappa shape index (κ1) is 14.8. The van der Waals surface area contributed by atoms with E-state index in [4.69, 9.17) is 14.9 Å². The minimum atomic E-state index is 0.0278. The molecule has 0 amide bonds. The third-order valence-electron chi connectivity index (χ3n) is 1.85. The summed E-state index contributed by atoms with van der Waals surface area (Å²) in [5.74, 6) is 0. The second-order valence-electron chi connectivity index (χ2n) is 3.48. The lowest BCUT2D eigenvalue weighted by Crippen LogP contribution is -2.03. The largest absolute Gasteiger partial charge is 0.394 e. The van der Waals surface area contributed by atoms with Crippen molar-refractivity contribution in [3.8, 4) is 0 Å². The third kappa shape index (κ3) is 13.8. The number of unbranched alkanes of at least 4 members (excludes halogenated alkanes) is 1. The molecule has 15 heavy (non-hydrogen) atoms. The van der Waals surface area contributed by atoms with Crippen LogP contribution >= 0.6 is 0 Å². The zero-order valence-corrected chi connectivity index (χ0v) is 9.65. The Morgan fingerprint density at radius 1 is 1.07 bits per heavy atom. The van der Waals surface area contributed by atoms with Crippen LogP contribution in [0.5, 0.6) is 0 Å². The van der Waals surface area contributed by atoms with E-state index in [1.807, 2.05) is 0 Å². The zero-order valence-electron chi connectivity index (χ0n) is 9.65. The minimum absolute atomic E-state index is 0.0278.